The Labute approximate surface area is 117 Å². The Morgan fingerprint density at radius 3 is 3.16 bits per heavy atom. The Hall–Kier alpha value is -1.40. The zero-order valence-electron chi connectivity index (χ0n) is 11.0. The summed E-state index contributed by atoms with van der Waals surface area (Å²) < 4.78 is 0. The van der Waals surface area contributed by atoms with Crippen LogP contribution in [-0.2, 0) is 16.1 Å². The van der Waals surface area contributed by atoms with Gasteiger partial charge in [0.1, 0.15) is 0 Å². The summed E-state index contributed by atoms with van der Waals surface area (Å²) in [5, 5.41) is 9.66. The van der Waals surface area contributed by atoms with Gasteiger partial charge >= 0.3 is 0 Å². The molecule has 1 fully saturated rings. The summed E-state index contributed by atoms with van der Waals surface area (Å²) in [7, 11) is 0. The second-order valence-electron chi connectivity index (χ2n) is 4.55. The topological polar surface area (TPSA) is 61.4 Å². The van der Waals surface area contributed by atoms with Crippen LogP contribution in [0.4, 0.5) is 0 Å². The van der Waals surface area contributed by atoms with E-state index in [2.05, 4.69) is 10.6 Å². The Bertz CT molecular complexity index is 433. The molecule has 0 saturated carbocycles. The summed E-state index contributed by atoms with van der Waals surface area (Å²) in [5.41, 5.74) is 1.10. The number of thiophene rings is 1. The van der Waals surface area contributed by atoms with Gasteiger partial charge < -0.3 is 10.6 Å². The van der Waals surface area contributed by atoms with E-state index in [0.717, 1.165) is 18.7 Å². The molecule has 1 aromatic rings. The van der Waals surface area contributed by atoms with Gasteiger partial charge in [-0.05, 0) is 28.9 Å². The van der Waals surface area contributed by atoms with Crippen molar-refractivity contribution in [3.05, 3.63) is 22.4 Å². The van der Waals surface area contributed by atoms with E-state index in [1.165, 1.54) is 0 Å². The van der Waals surface area contributed by atoms with Gasteiger partial charge in [-0.15, -0.1) is 0 Å². The van der Waals surface area contributed by atoms with Crippen LogP contribution in [-0.4, -0.2) is 42.4 Å². The third-order valence-electron chi connectivity index (χ3n) is 3.30. The number of nitrogens with one attached hydrogen (secondary N) is 2. The lowest BCUT2D eigenvalue weighted by Gasteiger charge is -2.33. The SMILES string of the molecule is CCN1CCNC(=O)C1CC(=O)NCc1ccsc1. The van der Waals surface area contributed by atoms with E-state index in [9.17, 15) is 9.59 Å². The van der Waals surface area contributed by atoms with E-state index in [0.29, 0.717) is 13.1 Å². The fourth-order valence-electron chi connectivity index (χ4n) is 2.20. The number of hydrogen-bond acceptors (Lipinski definition) is 4. The molecule has 1 aliphatic rings. The first kappa shape index (κ1) is 14.0. The highest BCUT2D eigenvalue weighted by Gasteiger charge is 2.30. The molecule has 1 saturated heterocycles. The van der Waals surface area contributed by atoms with Crippen molar-refractivity contribution in [1.82, 2.24) is 15.5 Å². The summed E-state index contributed by atoms with van der Waals surface area (Å²) in [6.07, 6.45) is 0.226. The maximum atomic E-state index is 11.9. The van der Waals surface area contributed by atoms with Gasteiger partial charge in [0.05, 0.1) is 12.5 Å². The zero-order valence-corrected chi connectivity index (χ0v) is 11.8. The standard InChI is InChI=1S/C13H19N3O2S/c1-2-16-5-4-14-13(18)11(16)7-12(17)15-8-10-3-6-19-9-10/h3,6,9,11H,2,4-5,7-8H2,1H3,(H,14,18)(H,15,17). The lowest BCUT2D eigenvalue weighted by molar-refractivity contribution is -0.133. The molecule has 1 aromatic heterocycles. The van der Waals surface area contributed by atoms with Crippen molar-refractivity contribution in [2.24, 2.45) is 0 Å². The molecule has 104 valence electrons. The second-order valence-corrected chi connectivity index (χ2v) is 5.33. The van der Waals surface area contributed by atoms with Gasteiger partial charge in [-0.3, -0.25) is 14.5 Å². The molecule has 1 aliphatic heterocycles. The van der Waals surface area contributed by atoms with Crippen LogP contribution in [0.2, 0.25) is 0 Å². The molecule has 2 rings (SSSR count). The van der Waals surface area contributed by atoms with Crippen LogP contribution in [0.25, 0.3) is 0 Å². The molecule has 5 nitrogen and oxygen atoms in total. The fourth-order valence-corrected chi connectivity index (χ4v) is 2.87. The average Bonchev–Trinajstić information content (AvgIpc) is 2.92. The molecule has 0 spiro atoms. The van der Waals surface area contributed by atoms with Crippen molar-refractivity contribution in [2.75, 3.05) is 19.6 Å². The number of amides is 2. The van der Waals surface area contributed by atoms with Gasteiger partial charge in [-0.25, -0.2) is 0 Å². The minimum absolute atomic E-state index is 0.0428. The summed E-state index contributed by atoms with van der Waals surface area (Å²) in [6, 6.07) is 1.65. The smallest absolute Gasteiger partial charge is 0.237 e. The Morgan fingerprint density at radius 1 is 1.63 bits per heavy atom. The molecule has 2 heterocycles. The number of carbonyl (C=O) groups is 2. The third-order valence-corrected chi connectivity index (χ3v) is 4.03. The minimum atomic E-state index is -0.332. The maximum Gasteiger partial charge on any atom is 0.237 e. The predicted octanol–water partition coefficient (Wildman–Crippen LogP) is 0.575. The monoisotopic (exact) mass is 281 g/mol. The number of carbonyl (C=O) groups excluding carboxylic acids is 2. The van der Waals surface area contributed by atoms with Crippen molar-refractivity contribution in [3.63, 3.8) is 0 Å². The van der Waals surface area contributed by atoms with Gasteiger partial charge in [0.15, 0.2) is 0 Å². The molecule has 1 atom stereocenters. The quantitative estimate of drug-likeness (QED) is 0.830. The van der Waals surface area contributed by atoms with Gasteiger partial charge in [0.25, 0.3) is 0 Å². The molecular formula is C13H19N3O2S. The number of likely N-dealkylation sites (N-methyl/N-ethyl adjacent to an activating group) is 1. The first-order valence-corrected chi connectivity index (χ1v) is 7.44. The molecular weight excluding hydrogens is 262 g/mol. The lowest BCUT2D eigenvalue weighted by Crippen LogP contribution is -2.56. The van der Waals surface area contributed by atoms with E-state index < -0.39 is 0 Å². The molecule has 19 heavy (non-hydrogen) atoms. The Kier molecular flexibility index (Phi) is 4.93. The van der Waals surface area contributed by atoms with E-state index in [1.807, 2.05) is 28.7 Å². The number of nitrogens with zero attached hydrogens (tertiary/aromatic N) is 1. The van der Waals surface area contributed by atoms with Crippen molar-refractivity contribution in [1.29, 1.82) is 0 Å². The molecule has 0 bridgehead atoms. The van der Waals surface area contributed by atoms with Gasteiger partial charge in [-0.1, -0.05) is 6.92 Å². The Morgan fingerprint density at radius 2 is 2.47 bits per heavy atom. The largest absolute Gasteiger partial charge is 0.353 e. The van der Waals surface area contributed by atoms with Crippen molar-refractivity contribution < 1.29 is 9.59 Å². The average molecular weight is 281 g/mol. The molecule has 0 aromatic carbocycles. The summed E-state index contributed by atoms with van der Waals surface area (Å²) in [4.78, 5) is 25.7. The van der Waals surface area contributed by atoms with Crippen LogP contribution in [0.1, 0.15) is 18.9 Å². The van der Waals surface area contributed by atoms with Crippen LogP contribution in [0.5, 0.6) is 0 Å². The van der Waals surface area contributed by atoms with Gasteiger partial charge in [-0.2, -0.15) is 11.3 Å². The Balaban J connectivity index is 1.84. The van der Waals surface area contributed by atoms with E-state index in [-0.39, 0.29) is 24.3 Å². The molecule has 2 amide bonds. The van der Waals surface area contributed by atoms with Crippen molar-refractivity contribution in [3.8, 4) is 0 Å². The van der Waals surface area contributed by atoms with E-state index in [4.69, 9.17) is 0 Å². The highest BCUT2D eigenvalue weighted by atomic mass is 32.1. The number of hydrogen-bond donors (Lipinski definition) is 2. The summed E-state index contributed by atoms with van der Waals surface area (Å²) >= 11 is 1.61. The van der Waals surface area contributed by atoms with Gasteiger partial charge in [0, 0.05) is 19.6 Å². The van der Waals surface area contributed by atoms with Crippen LogP contribution in [0, 0.1) is 0 Å². The number of piperazine rings is 1. The van der Waals surface area contributed by atoms with E-state index in [1.54, 1.807) is 11.3 Å². The minimum Gasteiger partial charge on any atom is -0.353 e. The molecule has 1 unspecified atom stereocenters. The highest BCUT2D eigenvalue weighted by molar-refractivity contribution is 7.07. The fraction of sp³-hybridized carbons (Fsp3) is 0.538. The highest BCUT2D eigenvalue weighted by Crippen LogP contribution is 2.09. The van der Waals surface area contributed by atoms with Gasteiger partial charge in [0.2, 0.25) is 11.8 Å². The van der Waals surface area contributed by atoms with Crippen LogP contribution in [0.3, 0.4) is 0 Å². The molecule has 0 aliphatic carbocycles. The number of rotatable bonds is 5. The third kappa shape index (κ3) is 3.78. The second kappa shape index (κ2) is 6.68. The van der Waals surface area contributed by atoms with Crippen LogP contribution >= 0.6 is 11.3 Å². The molecule has 6 heteroatoms. The predicted molar refractivity (Wildman–Crippen MR) is 74.8 cm³/mol. The van der Waals surface area contributed by atoms with E-state index >= 15 is 0 Å². The normalized spacial score (nSPS) is 20.1. The molecule has 0 radical (unpaired) electrons. The maximum absolute atomic E-state index is 11.9. The zero-order chi connectivity index (χ0) is 13.7. The molecule has 2 N–H and O–H groups in total. The first-order chi connectivity index (χ1) is 9.20. The summed E-state index contributed by atoms with van der Waals surface area (Å²) in [6.45, 7) is 4.80. The summed E-state index contributed by atoms with van der Waals surface area (Å²) in [5.74, 6) is -0.120. The van der Waals surface area contributed by atoms with Crippen LogP contribution < -0.4 is 10.6 Å². The van der Waals surface area contributed by atoms with Crippen molar-refractivity contribution >= 4 is 23.2 Å². The van der Waals surface area contributed by atoms with Crippen LogP contribution in [0.15, 0.2) is 16.8 Å². The van der Waals surface area contributed by atoms with Crippen molar-refractivity contribution in [2.45, 2.75) is 25.9 Å². The lowest BCUT2D eigenvalue weighted by atomic mass is 10.1. The first-order valence-electron chi connectivity index (χ1n) is 6.50.